The van der Waals surface area contributed by atoms with E-state index in [-0.39, 0.29) is 12.2 Å². The van der Waals surface area contributed by atoms with E-state index in [2.05, 4.69) is 0 Å². The first-order chi connectivity index (χ1) is 8.52. The maximum atomic E-state index is 9.64. The van der Waals surface area contributed by atoms with Crippen molar-refractivity contribution in [3.05, 3.63) is 28.3 Å². The molecule has 1 aliphatic carbocycles. The molecule has 1 N–H and O–H groups in total. The van der Waals surface area contributed by atoms with Gasteiger partial charge in [0.05, 0.1) is 6.10 Å². The van der Waals surface area contributed by atoms with Crippen molar-refractivity contribution < 1.29 is 14.6 Å². The lowest BCUT2D eigenvalue weighted by Gasteiger charge is -2.41. The topological polar surface area (TPSA) is 38.7 Å². The first-order valence-electron chi connectivity index (χ1n) is 6.26. The Morgan fingerprint density at radius 2 is 1.94 bits per heavy atom. The predicted octanol–water partition coefficient (Wildman–Crippen LogP) is 2.87. The fourth-order valence-corrected chi connectivity index (χ4v) is 2.65. The molecule has 0 aliphatic heterocycles. The van der Waals surface area contributed by atoms with Crippen molar-refractivity contribution in [1.29, 1.82) is 0 Å². The molecule has 0 radical (unpaired) electrons. The van der Waals surface area contributed by atoms with Crippen LogP contribution in [-0.2, 0) is 4.74 Å². The van der Waals surface area contributed by atoms with Gasteiger partial charge >= 0.3 is 0 Å². The summed E-state index contributed by atoms with van der Waals surface area (Å²) < 4.78 is 11.4. The van der Waals surface area contributed by atoms with Crippen molar-refractivity contribution in [3.63, 3.8) is 0 Å². The van der Waals surface area contributed by atoms with E-state index < -0.39 is 6.10 Å². The number of ether oxygens (including phenoxy) is 2. The van der Waals surface area contributed by atoms with Gasteiger partial charge in [0.1, 0.15) is 18.0 Å². The Bertz CT molecular complexity index is 410. The van der Waals surface area contributed by atoms with Crippen LogP contribution in [0.1, 0.15) is 24.5 Å². The summed E-state index contributed by atoms with van der Waals surface area (Å²) in [4.78, 5) is 0. The normalized spacial score (nSPS) is 26.8. The molecule has 18 heavy (non-hydrogen) atoms. The maximum Gasteiger partial charge on any atom is 0.130 e. The molecule has 0 saturated heterocycles. The van der Waals surface area contributed by atoms with Crippen LogP contribution < -0.4 is 4.74 Å². The third kappa shape index (κ3) is 2.63. The van der Waals surface area contributed by atoms with Gasteiger partial charge < -0.3 is 14.6 Å². The number of aliphatic hydroxyl groups is 1. The van der Waals surface area contributed by atoms with Crippen molar-refractivity contribution in [2.45, 2.75) is 45.5 Å². The number of halogens is 1. The fraction of sp³-hybridized carbons (Fsp3) is 0.571. The Hall–Kier alpha value is -0.770. The molecule has 0 spiro atoms. The minimum Gasteiger partial charge on any atom is -0.487 e. The highest BCUT2D eigenvalue weighted by Gasteiger charge is 2.43. The molecular formula is C14H19ClO3. The van der Waals surface area contributed by atoms with Gasteiger partial charge in [-0.05, 0) is 44.0 Å². The molecule has 0 aromatic heterocycles. The number of rotatable bonds is 4. The number of aryl methyl sites for hydroxylation is 2. The van der Waals surface area contributed by atoms with Gasteiger partial charge in [-0.2, -0.15) is 0 Å². The standard InChI is InChI=1S/C14H19ClO3/c1-4-17-14-11(16)7-12(14)18-13-8(2)5-10(15)6-9(13)3/h5-6,11-12,14,16H,4,7H2,1-3H3. The van der Waals surface area contributed by atoms with Gasteiger partial charge in [-0.25, -0.2) is 0 Å². The van der Waals surface area contributed by atoms with E-state index in [0.717, 1.165) is 16.9 Å². The number of hydrogen-bond acceptors (Lipinski definition) is 3. The van der Waals surface area contributed by atoms with Crippen molar-refractivity contribution in [2.75, 3.05) is 6.61 Å². The van der Waals surface area contributed by atoms with Crippen LogP contribution in [0.5, 0.6) is 5.75 Å². The van der Waals surface area contributed by atoms with Crippen molar-refractivity contribution in [1.82, 2.24) is 0 Å². The van der Waals surface area contributed by atoms with Crippen LogP contribution in [0.4, 0.5) is 0 Å². The summed E-state index contributed by atoms with van der Waals surface area (Å²) >= 11 is 5.99. The number of hydrogen-bond donors (Lipinski definition) is 1. The molecule has 3 nitrogen and oxygen atoms in total. The lowest BCUT2D eigenvalue weighted by Crippen LogP contribution is -2.55. The zero-order valence-electron chi connectivity index (χ0n) is 10.9. The number of aliphatic hydroxyl groups excluding tert-OH is 1. The molecule has 1 aliphatic rings. The zero-order chi connectivity index (χ0) is 13.3. The quantitative estimate of drug-likeness (QED) is 0.914. The molecule has 1 saturated carbocycles. The second-order valence-corrected chi connectivity index (χ2v) is 5.18. The summed E-state index contributed by atoms with van der Waals surface area (Å²) in [6.45, 7) is 6.44. The van der Waals surface area contributed by atoms with E-state index in [1.54, 1.807) is 0 Å². The third-order valence-corrected chi connectivity index (χ3v) is 3.49. The Labute approximate surface area is 113 Å². The number of benzene rings is 1. The molecule has 4 heteroatoms. The molecule has 1 aromatic carbocycles. The third-order valence-electron chi connectivity index (χ3n) is 3.27. The van der Waals surface area contributed by atoms with Gasteiger partial charge in [-0.1, -0.05) is 11.6 Å². The molecule has 0 heterocycles. The van der Waals surface area contributed by atoms with Crippen LogP contribution >= 0.6 is 11.6 Å². The monoisotopic (exact) mass is 270 g/mol. The van der Waals surface area contributed by atoms with Crippen LogP contribution in [0.25, 0.3) is 0 Å². The highest BCUT2D eigenvalue weighted by atomic mass is 35.5. The minimum absolute atomic E-state index is 0.0708. The smallest absolute Gasteiger partial charge is 0.130 e. The molecule has 100 valence electrons. The molecule has 3 unspecified atom stereocenters. The maximum absolute atomic E-state index is 9.64. The summed E-state index contributed by atoms with van der Waals surface area (Å²) in [6, 6.07) is 3.77. The van der Waals surface area contributed by atoms with E-state index >= 15 is 0 Å². The first kappa shape index (κ1) is 13.7. The fourth-order valence-electron chi connectivity index (χ4n) is 2.32. The largest absolute Gasteiger partial charge is 0.487 e. The minimum atomic E-state index is -0.414. The average Bonchev–Trinajstić information content (AvgIpc) is 2.29. The summed E-state index contributed by atoms with van der Waals surface area (Å²) in [5, 5.41) is 10.4. The highest BCUT2D eigenvalue weighted by Crippen LogP contribution is 2.33. The van der Waals surface area contributed by atoms with Crippen molar-refractivity contribution >= 4 is 11.6 Å². The first-order valence-corrected chi connectivity index (χ1v) is 6.63. The molecular weight excluding hydrogens is 252 g/mol. The lowest BCUT2D eigenvalue weighted by molar-refractivity contribution is -0.160. The Kier molecular flexibility index (Phi) is 4.15. The van der Waals surface area contributed by atoms with Crippen molar-refractivity contribution in [3.8, 4) is 5.75 Å². The Morgan fingerprint density at radius 1 is 1.33 bits per heavy atom. The molecule has 2 rings (SSSR count). The second-order valence-electron chi connectivity index (χ2n) is 4.75. The lowest BCUT2D eigenvalue weighted by atomic mass is 9.88. The van der Waals surface area contributed by atoms with Gasteiger partial charge in [0.2, 0.25) is 0 Å². The van der Waals surface area contributed by atoms with E-state index in [1.807, 2.05) is 32.9 Å². The van der Waals surface area contributed by atoms with Crippen LogP contribution in [0.3, 0.4) is 0 Å². The Morgan fingerprint density at radius 3 is 2.44 bits per heavy atom. The molecule has 1 fully saturated rings. The van der Waals surface area contributed by atoms with E-state index in [9.17, 15) is 5.11 Å². The summed E-state index contributed by atoms with van der Waals surface area (Å²) in [6.07, 6.45) is -0.0857. The van der Waals surface area contributed by atoms with Gasteiger partial charge in [0, 0.05) is 18.1 Å². The van der Waals surface area contributed by atoms with Gasteiger partial charge in [0.25, 0.3) is 0 Å². The van der Waals surface area contributed by atoms with Crippen LogP contribution in [0.2, 0.25) is 5.02 Å². The second kappa shape index (κ2) is 5.47. The zero-order valence-corrected chi connectivity index (χ0v) is 11.7. The van der Waals surface area contributed by atoms with Gasteiger partial charge in [-0.15, -0.1) is 0 Å². The molecule has 0 bridgehead atoms. The van der Waals surface area contributed by atoms with E-state index in [0.29, 0.717) is 18.1 Å². The molecule has 1 aromatic rings. The van der Waals surface area contributed by atoms with Crippen LogP contribution in [0, 0.1) is 13.8 Å². The van der Waals surface area contributed by atoms with Crippen LogP contribution in [0.15, 0.2) is 12.1 Å². The van der Waals surface area contributed by atoms with Gasteiger partial charge in [0.15, 0.2) is 0 Å². The Balaban J connectivity index is 2.10. The van der Waals surface area contributed by atoms with E-state index in [4.69, 9.17) is 21.1 Å². The molecule has 3 atom stereocenters. The molecule has 0 amide bonds. The average molecular weight is 271 g/mol. The SMILES string of the molecule is CCOC1C(O)CC1Oc1c(C)cc(Cl)cc1C. The predicted molar refractivity (Wildman–Crippen MR) is 71.4 cm³/mol. The summed E-state index contributed by atoms with van der Waals surface area (Å²) in [5.41, 5.74) is 2.02. The highest BCUT2D eigenvalue weighted by molar-refractivity contribution is 6.30. The van der Waals surface area contributed by atoms with Gasteiger partial charge in [-0.3, -0.25) is 0 Å². The van der Waals surface area contributed by atoms with Crippen molar-refractivity contribution in [2.24, 2.45) is 0 Å². The summed E-state index contributed by atoms with van der Waals surface area (Å²) in [5.74, 6) is 0.848. The van der Waals surface area contributed by atoms with Crippen LogP contribution in [-0.4, -0.2) is 30.0 Å². The van der Waals surface area contributed by atoms with E-state index in [1.165, 1.54) is 0 Å². The summed E-state index contributed by atoms with van der Waals surface area (Å²) in [7, 11) is 0.